The average molecular weight is 334 g/mol. The van der Waals surface area contributed by atoms with Gasteiger partial charge in [0.05, 0.1) is 8.07 Å². The summed E-state index contributed by atoms with van der Waals surface area (Å²) in [6, 6.07) is 2.06. The van der Waals surface area contributed by atoms with E-state index in [0.717, 1.165) is 24.9 Å². The third kappa shape index (κ3) is 7.11. The molecule has 0 rings (SSSR count). The van der Waals surface area contributed by atoms with Crippen molar-refractivity contribution in [2.45, 2.75) is 78.4 Å². The molecule has 0 amide bonds. The second kappa shape index (κ2) is 7.93. The Bertz CT molecular complexity index is 426. The van der Waals surface area contributed by atoms with Crippen molar-refractivity contribution >= 4 is 18.2 Å². The van der Waals surface area contributed by atoms with Crippen LogP contribution >= 0.6 is 0 Å². The summed E-state index contributed by atoms with van der Waals surface area (Å²) in [6.45, 7) is 15.4. The Labute approximate surface area is 133 Å². The van der Waals surface area contributed by atoms with E-state index in [2.05, 4.69) is 53.9 Å². The predicted octanol–water partition coefficient (Wildman–Crippen LogP) is 5.07. The highest BCUT2D eigenvalue weighted by molar-refractivity contribution is 7.87. The van der Waals surface area contributed by atoms with Gasteiger partial charge in [-0.3, -0.25) is 4.55 Å². The Balaban J connectivity index is 5.90. The van der Waals surface area contributed by atoms with Gasteiger partial charge in [0.25, 0.3) is 10.1 Å². The summed E-state index contributed by atoms with van der Waals surface area (Å²) < 4.78 is 31.4. The molecule has 0 atom stereocenters. The molecule has 0 unspecified atom stereocenters. The van der Waals surface area contributed by atoms with Gasteiger partial charge in [0, 0.05) is 0 Å². The molecule has 0 aliphatic carbocycles. The van der Waals surface area contributed by atoms with Gasteiger partial charge in [-0.2, -0.15) is 8.42 Å². The van der Waals surface area contributed by atoms with Crippen molar-refractivity contribution in [2.24, 2.45) is 11.8 Å². The molecule has 0 aliphatic heterocycles. The first kappa shape index (κ1) is 20.9. The molecule has 3 nitrogen and oxygen atoms in total. The molecule has 0 saturated carbocycles. The molecular formula is C16H33O3SSi. The van der Waals surface area contributed by atoms with E-state index in [1.165, 1.54) is 0 Å². The summed E-state index contributed by atoms with van der Waals surface area (Å²) in [4.78, 5) is 0. The van der Waals surface area contributed by atoms with Crippen LogP contribution in [0.15, 0.2) is 5.70 Å². The van der Waals surface area contributed by atoms with Gasteiger partial charge >= 0.3 is 0 Å². The third-order valence-corrected chi connectivity index (χ3v) is 11.6. The highest BCUT2D eigenvalue weighted by atomic mass is 32.2. The monoisotopic (exact) mass is 333 g/mol. The van der Waals surface area contributed by atoms with Crippen LogP contribution in [0.5, 0.6) is 0 Å². The van der Waals surface area contributed by atoms with E-state index < -0.39 is 18.2 Å². The molecule has 5 heteroatoms. The largest absolute Gasteiger partial charge is 0.295 e. The van der Waals surface area contributed by atoms with Crippen molar-refractivity contribution in [3.05, 3.63) is 11.1 Å². The summed E-state index contributed by atoms with van der Waals surface area (Å²) in [5, 5.41) is 2.39. The van der Waals surface area contributed by atoms with Crippen molar-refractivity contribution in [2.75, 3.05) is 0 Å². The molecule has 1 radical (unpaired) electrons. The van der Waals surface area contributed by atoms with Gasteiger partial charge in [-0.15, -0.1) is 0 Å². The molecule has 0 saturated heterocycles. The van der Waals surface area contributed by atoms with E-state index in [1.54, 1.807) is 5.70 Å². The van der Waals surface area contributed by atoms with Crippen LogP contribution in [0.4, 0.5) is 0 Å². The van der Waals surface area contributed by atoms with Crippen LogP contribution in [0.25, 0.3) is 0 Å². The number of hydrogen-bond donors (Lipinski definition) is 1. The van der Waals surface area contributed by atoms with Gasteiger partial charge in [0.1, 0.15) is 5.41 Å². The molecule has 0 heterocycles. The minimum atomic E-state index is -4.17. The highest BCUT2D eigenvalue weighted by Crippen LogP contribution is 2.49. The summed E-state index contributed by atoms with van der Waals surface area (Å²) in [7, 11) is -6.23. The van der Waals surface area contributed by atoms with Crippen LogP contribution in [-0.2, 0) is 10.1 Å². The normalized spacial score (nSPS) is 14.6. The van der Waals surface area contributed by atoms with Crippen LogP contribution in [0, 0.1) is 17.2 Å². The Morgan fingerprint density at radius 1 is 1.14 bits per heavy atom. The first-order chi connectivity index (χ1) is 9.35. The lowest BCUT2D eigenvalue weighted by Crippen LogP contribution is -2.46. The minimum Gasteiger partial charge on any atom is -0.282 e. The topological polar surface area (TPSA) is 54.4 Å². The van der Waals surface area contributed by atoms with Crippen LogP contribution in [0.1, 0.15) is 61.3 Å². The maximum atomic E-state index is 11.2. The molecule has 0 spiro atoms. The minimum absolute atomic E-state index is 0.0913. The smallest absolute Gasteiger partial charge is 0.282 e. The fourth-order valence-electron chi connectivity index (χ4n) is 3.47. The first-order valence-corrected chi connectivity index (χ1v) is 11.9. The van der Waals surface area contributed by atoms with E-state index in [0.29, 0.717) is 11.8 Å². The maximum Gasteiger partial charge on any atom is 0.295 e. The fraction of sp³-hybridized carbons (Fsp3) is 0.875. The molecular weight excluding hydrogens is 300 g/mol. The Hall–Kier alpha value is -0.133. The molecule has 0 aromatic carbocycles. The van der Waals surface area contributed by atoms with Crippen molar-refractivity contribution in [1.29, 1.82) is 0 Å². The van der Waals surface area contributed by atoms with E-state index >= 15 is 0 Å². The zero-order valence-electron chi connectivity index (χ0n) is 14.7. The highest BCUT2D eigenvalue weighted by Gasteiger charge is 2.45. The SMILES string of the molecule is CCCC(C)(C)[Si](/C=[C]/S(=O)(=O)O)(CC(C)C)CC(C)C. The van der Waals surface area contributed by atoms with Crippen molar-refractivity contribution in [3.8, 4) is 0 Å². The number of hydrogen-bond acceptors (Lipinski definition) is 2. The van der Waals surface area contributed by atoms with E-state index in [9.17, 15) is 8.42 Å². The summed E-state index contributed by atoms with van der Waals surface area (Å²) >= 11 is 0. The summed E-state index contributed by atoms with van der Waals surface area (Å²) in [5.74, 6) is 1.01. The Morgan fingerprint density at radius 3 is 1.86 bits per heavy atom. The van der Waals surface area contributed by atoms with Gasteiger partial charge in [0.2, 0.25) is 0 Å². The molecule has 0 aromatic rings. The maximum absolute atomic E-state index is 11.2. The second-order valence-corrected chi connectivity index (χ2v) is 13.7. The van der Waals surface area contributed by atoms with Gasteiger partial charge in [-0.05, 0) is 16.9 Å². The number of rotatable bonds is 9. The lowest BCUT2D eigenvalue weighted by molar-refractivity contribution is 0.492. The molecule has 0 bridgehead atoms. The van der Waals surface area contributed by atoms with Crippen molar-refractivity contribution in [1.82, 2.24) is 0 Å². The van der Waals surface area contributed by atoms with Crippen LogP contribution < -0.4 is 0 Å². The lowest BCUT2D eigenvalue weighted by Gasteiger charge is -2.45. The van der Waals surface area contributed by atoms with E-state index in [4.69, 9.17) is 4.55 Å². The lowest BCUT2D eigenvalue weighted by atomic mass is 10.1. The Morgan fingerprint density at radius 2 is 1.57 bits per heavy atom. The van der Waals surface area contributed by atoms with Crippen molar-refractivity contribution in [3.63, 3.8) is 0 Å². The molecule has 21 heavy (non-hydrogen) atoms. The van der Waals surface area contributed by atoms with E-state index in [1.807, 2.05) is 0 Å². The predicted molar refractivity (Wildman–Crippen MR) is 93.4 cm³/mol. The Kier molecular flexibility index (Phi) is 7.88. The first-order valence-electron chi connectivity index (χ1n) is 7.94. The fourth-order valence-corrected chi connectivity index (χ4v) is 10.5. The van der Waals surface area contributed by atoms with Crippen LogP contribution in [0.2, 0.25) is 17.1 Å². The van der Waals surface area contributed by atoms with Gasteiger partial charge in [-0.1, -0.05) is 79.1 Å². The second-order valence-electron chi connectivity index (χ2n) is 7.72. The molecule has 125 valence electrons. The van der Waals surface area contributed by atoms with Crippen LogP contribution in [-0.4, -0.2) is 21.0 Å². The third-order valence-electron chi connectivity index (χ3n) is 4.25. The quantitative estimate of drug-likeness (QED) is 0.473. The summed E-state index contributed by atoms with van der Waals surface area (Å²) in [5.41, 5.74) is 1.78. The van der Waals surface area contributed by atoms with Gasteiger partial charge in [-0.25, -0.2) is 0 Å². The molecule has 0 aliphatic rings. The zero-order chi connectivity index (χ0) is 16.9. The zero-order valence-corrected chi connectivity index (χ0v) is 16.5. The molecule has 1 N–H and O–H groups in total. The summed E-state index contributed by atoms with van der Waals surface area (Å²) in [6.07, 6.45) is 2.15. The average Bonchev–Trinajstić information content (AvgIpc) is 2.22. The van der Waals surface area contributed by atoms with Gasteiger partial charge in [0.15, 0.2) is 0 Å². The molecule has 0 aromatic heterocycles. The van der Waals surface area contributed by atoms with E-state index in [-0.39, 0.29) is 5.04 Å². The van der Waals surface area contributed by atoms with Gasteiger partial charge < -0.3 is 0 Å². The van der Waals surface area contributed by atoms with Crippen LogP contribution in [0.3, 0.4) is 0 Å². The molecule has 0 fully saturated rings. The van der Waals surface area contributed by atoms with Crippen molar-refractivity contribution < 1.29 is 13.0 Å². The standard InChI is InChI=1S/C16H33O3SSi/c1-8-9-16(6,7)21(12-14(2)3,13-15(4)5)11-10-20(17,18)19/h11,14-15H,8-9,12-13H2,1-7H3,(H,17,18,19).